The van der Waals surface area contributed by atoms with Crippen molar-refractivity contribution in [3.05, 3.63) is 100 Å². The smallest absolute Gasteiger partial charge is 0.419 e. The first kappa shape index (κ1) is 26.4. The fourth-order valence-corrected chi connectivity index (χ4v) is 3.92. The Morgan fingerprint density at radius 1 is 0.771 bits per heavy atom. The van der Waals surface area contributed by atoms with Crippen LogP contribution < -0.4 is 4.74 Å². The van der Waals surface area contributed by atoms with Gasteiger partial charge in [0.2, 0.25) is 5.82 Å². The summed E-state index contributed by atoms with van der Waals surface area (Å²) >= 11 is 0. The molecule has 0 bridgehead atoms. The van der Waals surface area contributed by atoms with Crippen molar-refractivity contribution >= 4 is 0 Å². The molecule has 3 aromatic carbocycles. The normalized spacial score (nSPS) is 11.9. The monoisotopic (exact) mass is 492 g/mol. The van der Waals surface area contributed by atoms with Crippen molar-refractivity contribution in [2.75, 3.05) is 6.61 Å². The second-order valence-corrected chi connectivity index (χ2v) is 8.05. The predicted molar refractivity (Wildman–Crippen MR) is 125 cm³/mol. The molecule has 0 N–H and O–H groups in total. The lowest BCUT2D eigenvalue weighted by Crippen LogP contribution is -2.14. The van der Waals surface area contributed by atoms with Crippen molar-refractivity contribution in [3.63, 3.8) is 0 Å². The van der Waals surface area contributed by atoms with Gasteiger partial charge < -0.3 is 4.74 Å². The molecule has 0 saturated heterocycles. The van der Waals surface area contributed by atoms with Crippen LogP contribution in [-0.2, 0) is 25.4 Å². The Balaban J connectivity index is 1.89. The Kier molecular flexibility index (Phi) is 8.65. The highest BCUT2D eigenvalue weighted by Crippen LogP contribution is 2.39. The fraction of sp³-hybridized carbons (Fsp3) is 0.286. The minimum atomic E-state index is -4.95. The summed E-state index contributed by atoms with van der Waals surface area (Å²) in [5.74, 6) is -4.03. The van der Waals surface area contributed by atoms with Crippen molar-refractivity contribution in [3.8, 4) is 16.9 Å². The second-order valence-electron chi connectivity index (χ2n) is 8.05. The number of alkyl halides is 3. The third-order valence-electron chi connectivity index (χ3n) is 5.70. The van der Waals surface area contributed by atoms with E-state index in [1.54, 1.807) is 31.2 Å². The van der Waals surface area contributed by atoms with E-state index in [1.807, 2.05) is 19.1 Å². The molecular formula is C28H26F6O. The van der Waals surface area contributed by atoms with E-state index in [4.69, 9.17) is 4.74 Å². The number of benzene rings is 3. The topological polar surface area (TPSA) is 9.23 Å². The molecule has 0 radical (unpaired) electrons. The van der Waals surface area contributed by atoms with Crippen LogP contribution in [-0.4, -0.2) is 6.61 Å². The molecule has 0 fully saturated rings. The largest absolute Gasteiger partial charge is 0.491 e. The van der Waals surface area contributed by atoms with E-state index in [0.717, 1.165) is 18.4 Å². The van der Waals surface area contributed by atoms with E-state index in [-0.39, 0.29) is 41.9 Å². The van der Waals surface area contributed by atoms with Crippen molar-refractivity contribution in [2.45, 2.75) is 45.7 Å². The number of aryl methyl sites for hydroxylation is 3. The highest BCUT2D eigenvalue weighted by Gasteiger charge is 2.38. The highest BCUT2D eigenvalue weighted by atomic mass is 19.4. The first-order valence-electron chi connectivity index (χ1n) is 11.4. The molecule has 3 aromatic rings. The minimum absolute atomic E-state index is 0.114. The zero-order valence-electron chi connectivity index (χ0n) is 19.5. The van der Waals surface area contributed by atoms with Crippen LogP contribution in [0, 0.1) is 17.5 Å². The predicted octanol–water partition coefficient (Wildman–Crippen LogP) is 8.48. The molecule has 0 aliphatic carbocycles. The Hall–Kier alpha value is -3.22. The molecule has 3 rings (SSSR count). The number of hydrogen-bond donors (Lipinski definition) is 0. The Morgan fingerprint density at radius 3 is 2.06 bits per heavy atom. The minimum Gasteiger partial charge on any atom is -0.491 e. The van der Waals surface area contributed by atoms with Crippen molar-refractivity contribution in [1.82, 2.24) is 0 Å². The van der Waals surface area contributed by atoms with Crippen LogP contribution in [0.1, 0.15) is 42.5 Å². The first-order valence-corrected chi connectivity index (χ1v) is 11.4. The van der Waals surface area contributed by atoms with E-state index in [9.17, 15) is 22.0 Å². The molecule has 1 nitrogen and oxygen atoms in total. The van der Waals surface area contributed by atoms with Gasteiger partial charge in [0.15, 0.2) is 11.6 Å². The summed E-state index contributed by atoms with van der Waals surface area (Å²) in [6.07, 6.45) is 0.0292. The summed E-state index contributed by atoms with van der Waals surface area (Å²) in [6, 6.07) is 11.7. The summed E-state index contributed by atoms with van der Waals surface area (Å²) in [6.45, 7) is 3.66. The Bertz CT molecular complexity index is 1180. The summed E-state index contributed by atoms with van der Waals surface area (Å²) in [4.78, 5) is 0. The third kappa shape index (κ3) is 6.27. The number of allylic oxidation sites excluding steroid dienone is 2. The second kappa shape index (κ2) is 11.5. The number of hydrogen-bond acceptors (Lipinski definition) is 1. The van der Waals surface area contributed by atoms with Gasteiger partial charge in [-0.3, -0.25) is 0 Å². The van der Waals surface area contributed by atoms with Crippen molar-refractivity contribution in [2.24, 2.45) is 0 Å². The maximum absolute atomic E-state index is 15.2. The molecule has 0 aliphatic rings. The molecule has 0 unspecified atom stereocenters. The van der Waals surface area contributed by atoms with Gasteiger partial charge in [0.1, 0.15) is 5.82 Å². The zero-order valence-corrected chi connectivity index (χ0v) is 19.5. The van der Waals surface area contributed by atoms with E-state index in [1.165, 1.54) is 24.3 Å². The lowest BCUT2D eigenvalue weighted by atomic mass is 9.93. The summed E-state index contributed by atoms with van der Waals surface area (Å²) in [5, 5.41) is 0. The standard InChI is InChI=1S/C28H26F6O/c1-3-5-6-7-18-8-10-19(11-9-18)22-16-14-20(24(26(22)30)28(32,33)34)12-13-21-15-17-23(35-4-2)27(31)25(21)29/h3,5,8-11,14-17H,4,6-7,12-13H2,1-2H3. The highest BCUT2D eigenvalue weighted by molar-refractivity contribution is 5.66. The quantitative estimate of drug-likeness (QED) is 0.215. The average Bonchev–Trinajstić information content (AvgIpc) is 2.81. The maximum atomic E-state index is 15.2. The zero-order chi connectivity index (χ0) is 25.6. The molecule has 0 heterocycles. The maximum Gasteiger partial charge on any atom is 0.419 e. The number of ether oxygens (including phenoxy) is 1. The third-order valence-corrected chi connectivity index (χ3v) is 5.70. The number of halogens is 6. The van der Waals surface area contributed by atoms with E-state index in [2.05, 4.69) is 0 Å². The molecule has 0 aromatic heterocycles. The molecule has 0 amide bonds. The van der Waals surface area contributed by atoms with Gasteiger partial charge in [-0.1, -0.05) is 54.6 Å². The van der Waals surface area contributed by atoms with Gasteiger partial charge in [-0.15, -0.1) is 0 Å². The molecule has 0 saturated carbocycles. The average molecular weight is 493 g/mol. The van der Waals surface area contributed by atoms with Crippen LogP contribution in [0.15, 0.2) is 60.7 Å². The van der Waals surface area contributed by atoms with Crippen LogP contribution in [0.3, 0.4) is 0 Å². The van der Waals surface area contributed by atoms with Crippen LogP contribution in [0.4, 0.5) is 26.3 Å². The summed E-state index contributed by atoms with van der Waals surface area (Å²) < 4.78 is 90.2. The molecule has 186 valence electrons. The molecule has 35 heavy (non-hydrogen) atoms. The molecule has 0 spiro atoms. The Labute approximate surface area is 201 Å². The first-order chi connectivity index (χ1) is 16.7. The van der Waals surface area contributed by atoms with Gasteiger partial charge in [-0.05, 0) is 67.9 Å². The lowest BCUT2D eigenvalue weighted by Gasteiger charge is -2.17. The van der Waals surface area contributed by atoms with Crippen LogP contribution in [0.2, 0.25) is 0 Å². The van der Waals surface area contributed by atoms with Gasteiger partial charge in [0.05, 0.1) is 12.2 Å². The summed E-state index contributed by atoms with van der Waals surface area (Å²) in [7, 11) is 0. The Morgan fingerprint density at radius 2 is 1.43 bits per heavy atom. The van der Waals surface area contributed by atoms with Gasteiger partial charge >= 0.3 is 6.18 Å². The molecule has 0 atom stereocenters. The lowest BCUT2D eigenvalue weighted by molar-refractivity contribution is -0.140. The molecular weight excluding hydrogens is 466 g/mol. The van der Waals surface area contributed by atoms with Gasteiger partial charge in [0.25, 0.3) is 0 Å². The fourth-order valence-electron chi connectivity index (χ4n) is 3.92. The van der Waals surface area contributed by atoms with Crippen molar-refractivity contribution in [1.29, 1.82) is 0 Å². The van der Waals surface area contributed by atoms with Crippen LogP contribution >= 0.6 is 0 Å². The van der Waals surface area contributed by atoms with Gasteiger partial charge in [-0.25, -0.2) is 8.78 Å². The van der Waals surface area contributed by atoms with Crippen molar-refractivity contribution < 1.29 is 31.1 Å². The van der Waals surface area contributed by atoms with E-state index < -0.39 is 29.2 Å². The summed E-state index contributed by atoms with van der Waals surface area (Å²) in [5.41, 5.74) is -0.677. The SMILES string of the molecule is CC=CCCc1ccc(-c2ccc(CCc3ccc(OCC)c(F)c3F)c(C(F)(F)F)c2F)cc1. The van der Waals surface area contributed by atoms with E-state index in [0.29, 0.717) is 5.56 Å². The van der Waals surface area contributed by atoms with Crippen LogP contribution in [0.25, 0.3) is 11.1 Å². The molecule has 0 aliphatic heterocycles. The molecule has 7 heteroatoms. The number of rotatable bonds is 9. The van der Waals surface area contributed by atoms with Crippen LogP contribution in [0.5, 0.6) is 5.75 Å². The van der Waals surface area contributed by atoms with E-state index >= 15 is 4.39 Å². The van der Waals surface area contributed by atoms with Gasteiger partial charge in [0, 0.05) is 5.56 Å². The van der Waals surface area contributed by atoms with Gasteiger partial charge in [-0.2, -0.15) is 17.6 Å².